The SMILES string of the molecule is CC(C)C(NC(=O)c1cccc(S(=O)(=O)NC2CC2)c1)c1ccc2c(c1)OCCO2. The van der Waals surface area contributed by atoms with Gasteiger partial charge in [0.2, 0.25) is 10.0 Å². The lowest BCUT2D eigenvalue weighted by atomic mass is 9.95. The summed E-state index contributed by atoms with van der Waals surface area (Å²) in [6.45, 7) is 5.04. The number of carbonyl (C=O) groups excluding carboxylic acids is 1. The van der Waals surface area contributed by atoms with Crippen molar-refractivity contribution in [2.75, 3.05) is 13.2 Å². The molecule has 0 aromatic heterocycles. The molecule has 2 aromatic rings. The van der Waals surface area contributed by atoms with Crippen molar-refractivity contribution in [2.45, 2.75) is 43.7 Å². The maximum absolute atomic E-state index is 13.0. The predicted octanol–water partition coefficient (Wildman–Crippen LogP) is 3.03. The number of sulfonamides is 1. The van der Waals surface area contributed by atoms with Crippen LogP contribution in [-0.4, -0.2) is 33.6 Å². The number of ether oxygens (including phenoxy) is 2. The Hall–Kier alpha value is -2.58. The molecule has 7 nitrogen and oxygen atoms in total. The van der Waals surface area contributed by atoms with Gasteiger partial charge < -0.3 is 14.8 Å². The van der Waals surface area contributed by atoms with Gasteiger partial charge in [0.05, 0.1) is 10.9 Å². The number of benzene rings is 2. The minimum absolute atomic E-state index is 0.00742. The highest BCUT2D eigenvalue weighted by molar-refractivity contribution is 7.89. The number of amides is 1. The van der Waals surface area contributed by atoms with Crippen LogP contribution in [0.3, 0.4) is 0 Å². The molecule has 30 heavy (non-hydrogen) atoms. The van der Waals surface area contributed by atoms with Crippen LogP contribution in [0.2, 0.25) is 0 Å². The third-order valence-corrected chi connectivity index (χ3v) is 6.70. The first-order valence-electron chi connectivity index (χ1n) is 10.2. The standard InChI is InChI=1S/C22H26N2O5S/c1-14(2)21(15-6-9-19-20(13-15)29-11-10-28-19)23-22(25)16-4-3-5-18(12-16)30(26,27)24-17-7-8-17/h3-6,9,12-14,17,21,24H,7-8,10-11H2,1-2H3,(H,23,25). The van der Waals surface area contributed by atoms with Crippen LogP contribution in [0.4, 0.5) is 0 Å². The summed E-state index contributed by atoms with van der Waals surface area (Å²) >= 11 is 0. The third kappa shape index (κ3) is 4.60. The lowest BCUT2D eigenvalue weighted by Crippen LogP contribution is -2.32. The van der Waals surface area contributed by atoms with Crippen molar-refractivity contribution in [1.82, 2.24) is 10.0 Å². The summed E-state index contributed by atoms with van der Waals surface area (Å²) in [5.74, 6) is 1.14. The van der Waals surface area contributed by atoms with Gasteiger partial charge >= 0.3 is 0 Å². The Balaban J connectivity index is 1.54. The van der Waals surface area contributed by atoms with E-state index in [-0.39, 0.29) is 28.8 Å². The molecule has 1 aliphatic heterocycles. The van der Waals surface area contributed by atoms with Crippen molar-refractivity contribution >= 4 is 15.9 Å². The summed E-state index contributed by atoms with van der Waals surface area (Å²) in [7, 11) is -3.62. The zero-order valence-electron chi connectivity index (χ0n) is 17.1. The van der Waals surface area contributed by atoms with Gasteiger partial charge in [0.15, 0.2) is 11.5 Å². The summed E-state index contributed by atoms with van der Waals surface area (Å²) in [6.07, 6.45) is 1.70. The largest absolute Gasteiger partial charge is 0.486 e. The molecule has 0 bridgehead atoms. The van der Waals surface area contributed by atoms with E-state index in [1.165, 1.54) is 12.1 Å². The smallest absolute Gasteiger partial charge is 0.251 e. The van der Waals surface area contributed by atoms with Gasteiger partial charge in [-0.15, -0.1) is 0 Å². The van der Waals surface area contributed by atoms with Crippen LogP contribution in [0.5, 0.6) is 11.5 Å². The number of hydrogen-bond acceptors (Lipinski definition) is 5. The van der Waals surface area contributed by atoms with Crippen LogP contribution >= 0.6 is 0 Å². The van der Waals surface area contributed by atoms with Crippen molar-refractivity contribution < 1.29 is 22.7 Å². The second-order valence-corrected chi connectivity index (χ2v) is 9.74. The fourth-order valence-electron chi connectivity index (χ4n) is 3.41. The van der Waals surface area contributed by atoms with E-state index in [1.807, 2.05) is 32.0 Å². The maximum Gasteiger partial charge on any atom is 0.251 e. The molecule has 8 heteroatoms. The van der Waals surface area contributed by atoms with Crippen molar-refractivity contribution in [3.63, 3.8) is 0 Å². The average molecular weight is 431 g/mol. The van der Waals surface area contributed by atoms with Crippen LogP contribution in [0.15, 0.2) is 47.4 Å². The van der Waals surface area contributed by atoms with E-state index in [1.54, 1.807) is 12.1 Å². The van der Waals surface area contributed by atoms with Crippen molar-refractivity contribution in [1.29, 1.82) is 0 Å². The lowest BCUT2D eigenvalue weighted by molar-refractivity contribution is 0.0925. The minimum Gasteiger partial charge on any atom is -0.486 e. The fourth-order valence-corrected chi connectivity index (χ4v) is 4.76. The Morgan fingerprint density at radius 1 is 1.03 bits per heavy atom. The molecule has 1 saturated carbocycles. The zero-order chi connectivity index (χ0) is 21.3. The molecular formula is C22H26N2O5S. The molecule has 4 rings (SSSR count). The Morgan fingerprint density at radius 2 is 1.77 bits per heavy atom. The van der Waals surface area contributed by atoms with E-state index in [9.17, 15) is 13.2 Å². The average Bonchev–Trinajstić information content (AvgIpc) is 3.54. The molecule has 1 atom stereocenters. The van der Waals surface area contributed by atoms with Crippen LogP contribution < -0.4 is 19.5 Å². The van der Waals surface area contributed by atoms with Gasteiger partial charge in [-0.3, -0.25) is 4.79 Å². The second kappa shape index (κ2) is 8.28. The lowest BCUT2D eigenvalue weighted by Gasteiger charge is -2.25. The molecular weight excluding hydrogens is 404 g/mol. The molecule has 1 unspecified atom stereocenters. The maximum atomic E-state index is 13.0. The summed E-state index contributed by atoms with van der Waals surface area (Å²) in [6, 6.07) is 11.5. The molecule has 2 N–H and O–H groups in total. The third-order valence-electron chi connectivity index (χ3n) is 5.18. The normalized spacial score (nSPS) is 16.9. The molecule has 0 spiro atoms. The molecule has 160 valence electrons. The van der Waals surface area contributed by atoms with E-state index >= 15 is 0 Å². The topological polar surface area (TPSA) is 93.7 Å². The van der Waals surface area contributed by atoms with Crippen LogP contribution in [0, 0.1) is 5.92 Å². The molecule has 2 aliphatic rings. The van der Waals surface area contributed by atoms with Gasteiger partial charge in [-0.2, -0.15) is 0 Å². The number of rotatable bonds is 7. The predicted molar refractivity (Wildman–Crippen MR) is 112 cm³/mol. The van der Waals surface area contributed by atoms with Crippen molar-refractivity contribution in [3.8, 4) is 11.5 Å². The summed E-state index contributed by atoms with van der Waals surface area (Å²) < 4.78 is 38.8. The van der Waals surface area contributed by atoms with Gasteiger partial charge in [0, 0.05) is 11.6 Å². The Bertz CT molecular complexity index is 1050. The van der Waals surface area contributed by atoms with E-state index in [0.29, 0.717) is 30.3 Å². The Morgan fingerprint density at radius 3 is 2.47 bits per heavy atom. The van der Waals surface area contributed by atoms with Gasteiger partial charge in [-0.1, -0.05) is 26.0 Å². The van der Waals surface area contributed by atoms with E-state index in [2.05, 4.69) is 10.0 Å². The van der Waals surface area contributed by atoms with Crippen LogP contribution in [-0.2, 0) is 10.0 Å². The van der Waals surface area contributed by atoms with Gasteiger partial charge in [0.1, 0.15) is 13.2 Å². The summed E-state index contributed by atoms with van der Waals surface area (Å²) in [4.78, 5) is 13.1. The van der Waals surface area contributed by atoms with Crippen LogP contribution in [0.25, 0.3) is 0 Å². The highest BCUT2D eigenvalue weighted by Crippen LogP contribution is 2.34. The highest BCUT2D eigenvalue weighted by atomic mass is 32.2. The van der Waals surface area contributed by atoms with Crippen LogP contribution in [0.1, 0.15) is 48.7 Å². The zero-order valence-corrected chi connectivity index (χ0v) is 17.9. The number of hydrogen-bond donors (Lipinski definition) is 2. The molecule has 2 aromatic carbocycles. The fraction of sp³-hybridized carbons (Fsp3) is 0.409. The molecule has 0 radical (unpaired) electrons. The second-order valence-electron chi connectivity index (χ2n) is 8.02. The first-order valence-corrected chi connectivity index (χ1v) is 11.6. The first-order chi connectivity index (χ1) is 14.3. The van der Waals surface area contributed by atoms with E-state index in [0.717, 1.165) is 18.4 Å². The summed E-state index contributed by atoms with van der Waals surface area (Å²) in [5.41, 5.74) is 1.21. The number of fused-ring (bicyclic) bond motifs is 1. The van der Waals surface area contributed by atoms with E-state index in [4.69, 9.17) is 9.47 Å². The van der Waals surface area contributed by atoms with Crippen molar-refractivity contribution in [2.24, 2.45) is 5.92 Å². The molecule has 0 saturated heterocycles. The molecule has 1 amide bonds. The van der Waals surface area contributed by atoms with Gasteiger partial charge in [-0.05, 0) is 54.7 Å². The first kappa shape index (κ1) is 20.7. The molecule has 1 heterocycles. The quantitative estimate of drug-likeness (QED) is 0.704. The van der Waals surface area contributed by atoms with Gasteiger partial charge in [0.25, 0.3) is 5.91 Å². The summed E-state index contributed by atoms with van der Waals surface area (Å²) in [5, 5.41) is 3.04. The minimum atomic E-state index is -3.62. The number of carbonyl (C=O) groups is 1. The molecule has 1 aliphatic carbocycles. The molecule has 1 fully saturated rings. The number of nitrogens with one attached hydrogen (secondary N) is 2. The van der Waals surface area contributed by atoms with Gasteiger partial charge in [-0.25, -0.2) is 13.1 Å². The van der Waals surface area contributed by atoms with E-state index < -0.39 is 10.0 Å². The van der Waals surface area contributed by atoms with Crippen molar-refractivity contribution in [3.05, 3.63) is 53.6 Å². The highest BCUT2D eigenvalue weighted by Gasteiger charge is 2.28. The Kier molecular flexibility index (Phi) is 5.71. The Labute approximate surface area is 176 Å². The monoisotopic (exact) mass is 430 g/mol.